The highest BCUT2D eigenvalue weighted by molar-refractivity contribution is 6.33. The topological polar surface area (TPSA) is 70.6 Å². The van der Waals surface area contributed by atoms with Gasteiger partial charge in [-0.2, -0.15) is 5.10 Å². The number of benzene rings is 1. The highest BCUT2D eigenvalue weighted by atomic mass is 35.5. The second-order valence-corrected chi connectivity index (χ2v) is 4.16. The van der Waals surface area contributed by atoms with Crippen LogP contribution in [0.25, 0.3) is 0 Å². The molecule has 0 saturated carbocycles. The number of carbonyl (C=O) groups excluding carboxylic acids is 2. The first kappa shape index (κ1) is 14.2. The van der Waals surface area contributed by atoms with Gasteiger partial charge in [0.2, 0.25) is 0 Å². The summed E-state index contributed by atoms with van der Waals surface area (Å²) in [5.41, 5.74) is 3.36. The zero-order valence-electron chi connectivity index (χ0n) is 10.2. The van der Waals surface area contributed by atoms with Crippen LogP contribution in [-0.4, -0.2) is 24.1 Å². The van der Waals surface area contributed by atoms with Gasteiger partial charge in [-0.15, -0.1) is 0 Å². The average molecular weight is 268 g/mol. The van der Waals surface area contributed by atoms with E-state index in [1.165, 1.54) is 0 Å². The molecule has 2 amide bonds. The molecule has 0 bridgehead atoms. The Morgan fingerprint density at radius 2 is 1.94 bits per heavy atom. The lowest BCUT2D eigenvalue weighted by Gasteiger charge is -2.05. The van der Waals surface area contributed by atoms with Gasteiger partial charge in [0, 0.05) is 5.71 Å². The maximum atomic E-state index is 11.7. The number of nitrogens with zero attached hydrogens (tertiary/aromatic N) is 1. The van der Waals surface area contributed by atoms with Crippen molar-refractivity contribution in [2.45, 2.75) is 13.8 Å². The quantitative estimate of drug-likeness (QED) is 0.642. The summed E-state index contributed by atoms with van der Waals surface area (Å²) >= 11 is 5.85. The van der Waals surface area contributed by atoms with Crippen LogP contribution in [0.1, 0.15) is 24.2 Å². The Hall–Kier alpha value is -1.88. The minimum absolute atomic E-state index is 0.152. The van der Waals surface area contributed by atoms with Gasteiger partial charge >= 0.3 is 0 Å². The van der Waals surface area contributed by atoms with E-state index in [4.69, 9.17) is 11.6 Å². The minimum atomic E-state index is -0.395. The molecule has 0 aliphatic heterocycles. The molecule has 1 rings (SSSR count). The number of nitrogens with one attached hydrogen (secondary N) is 2. The van der Waals surface area contributed by atoms with Crippen molar-refractivity contribution in [1.82, 2.24) is 10.7 Å². The predicted octanol–water partition coefficient (Wildman–Crippen LogP) is 1.58. The molecule has 0 spiro atoms. The normalized spacial score (nSPS) is 9.50. The second-order valence-electron chi connectivity index (χ2n) is 3.76. The molecule has 0 aliphatic carbocycles. The molecule has 0 saturated heterocycles. The Balaban J connectivity index is 2.50. The van der Waals surface area contributed by atoms with Crippen molar-refractivity contribution in [2.75, 3.05) is 6.54 Å². The summed E-state index contributed by atoms with van der Waals surface area (Å²) in [4.78, 5) is 23.0. The fourth-order valence-electron chi connectivity index (χ4n) is 1.11. The Morgan fingerprint density at radius 1 is 1.28 bits per heavy atom. The maximum Gasteiger partial charge on any atom is 0.259 e. The number of halogens is 1. The zero-order valence-corrected chi connectivity index (χ0v) is 10.9. The molecule has 6 heteroatoms. The van der Waals surface area contributed by atoms with Crippen LogP contribution >= 0.6 is 11.6 Å². The van der Waals surface area contributed by atoms with Crippen LogP contribution in [-0.2, 0) is 4.79 Å². The van der Waals surface area contributed by atoms with Crippen LogP contribution in [0, 0.1) is 0 Å². The van der Waals surface area contributed by atoms with E-state index >= 15 is 0 Å². The van der Waals surface area contributed by atoms with Crippen molar-refractivity contribution >= 4 is 29.1 Å². The van der Waals surface area contributed by atoms with E-state index in [2.05, 4.69) is 15.8 Å². The molecular weight excluding hydrogens is 254 g/mol. The molecule has 0 unspecified atom stereocenters. The van der Waals surface area contributed by atoms with Crippen molar-refractivity contribution in [3.8, 4) is 0 Å². The molecule has 0 fully saturated rings. The average Bonchev–Trinajstić information content (AvgIpc) is 2.34. The highest BCUT2D eigenvalue weighted by Crippen LogP contribution is 2.14. The van der Waals surface area contributed by atoms with E-state index in [1.54, 1.807) is 38.1 Å². The minimum Gasteiger partial charge on any atom is -0.343 e. The van der Waals surface area contributed by atoms with Crippen molar-refractivity contribution in [1.29, 1.82) is 0 Å². The molecule has 2 N–H and O–H groups in total. The van der Waals surface area contributed by atoms with E-state index in [-0.39, 0.29) is 6.54 Å². The summed E-state index contributed by atoms with van der Waals surface area (Å²) in [6.45, 7) is 3.35. The maximum absolute atomic E-state index is 11.7. The molecule has 96 valence electrons. The molecule has 0 aromatic heterocycles. The van der Waals surface area contributed by atoms with Crippen molar-refractivity contribution < 1.29 is 9.59 Å². The van der Waals surface area contributed by atoms with E-state index in [1.807, 2.05) is 0 Å². The molecular formula is C12H14ClN3O2. The highest BCUT2D eigenvalue weighted by Gasteiger charge is 2.10. The molecule has 0 radical (unpaired) electrons. The smallest absolute Gasteiger partial charge is 0.259 e. The SMILES string of the molecule is CC(C)=NNC(=O)CNC(=O)c1ccccc1Cl. The number of hydrazone groups is 1. The fourth-order valence-corrected chi connectivity index (χ4v) is 1.34. The lowest BCUT2D eigenvalue weighted by atomic mass is 10.2. The van der Waals surface area contributed by atoms with Gasteiger partial charge in [0.15, 0.2) is 0 Å². The monoisotopic (exact) mass is 267 g/mol. The van der Waals surface area contributed by atoms with E-state index < -0.39 is 11.8 Å². The van der Waals surface area contributed by atoms with Gasteiger partial charge in [-0.05, 0) is 26.0 Å². The van der Waals surface area contributed by atoms with Crippen molar-refractivity contribution in [2.24, 2.45) is 5.10 Å². The van der Waals surface area contributed by atoms with E-state index in [0.717, 1.165) is 5.71 Å². The van der Waals surface area contributed by atoms with Crippen molar-refractivity contribution in [3.05, 3.63) is 34.9 Å². The molecule has 0 aliphatic rings. The third-order valence-corrected chi connectivity index (χ3v) is 2.26. The number of carbonyl (C=O) groups is 2. The third-order valence-electron chi connectivity index (χ3n) is 1.93. The summed E-state index contributed by atoms with van der Waals surface area (Å²) in [6.07, 6.45) is 0. The number of hydrogen-bond donors (Lipinski definition) is 2. The Morgan fingerprint density at radius 3 is 2.56 bits per heavy atom. The largest absolute Gasteiger partial charge is 0.343 e. The number of amides is 2. The summed E-state index contributed by atoms with van der Waals surface area (Å²) < 4.78 is 0. The summed E-state index contributed by atoms with van der Waals surface area (Å²) in [6, 6.07) is 6.63. The lowest BCUT2D eigenvalue weighted by molar-refractivity contribution is -0.120. The van der Waals surface area contributed by atoms with Crippen LogP contribution in [0.15, 0.2) is 29.4 Å². The van der Waals surface area contributed by atoms with Gasteiger partial charge in [-0.3, -0.25) is 9.59 Å². The Kier molecular flexibility index (Phi) is 5.32. The number of rotatable bonds is 4. The van der Waals surface area contributed by atoms with Gasteiger partial charge in [0.25, 0.3) is 11.8 Å². The molecule has 0 atom stereocenters. The van der Waals surface area contributed by atoms with Crippen LogP contribution in [0.5, 0.6) is 0 Å². The standard InChI is InChI=1S/C12H14ClN3O2/c1-8(2)15-16-11(17)7-14-12(18)9-5-3-4-6-10(9)13/h3-6H,7H2,1-2H3,(H,14,18)(H,16,17). The molecule has 18 heavy (non-hydrogen) atoms. The fraction of sp³-hybridized carbons (Fsp3) is 0.250. The first-order valence-corrected chi connectivity index (χ1v) is 5.71. The third kappa shape index (κ3) is 4.55. The van der Waals surface area contributed by atoms with Gasteiger partial charge in [0.05, 0.1) is 17.1 Å². The van der Waals surface area contributed by atoms with Crippen LogP contribution < -0.4 is 10.7 Å². The molecule has 1 aromatic carbocycles. The van der Waals surface area contributed by atoms with Crippen molar-refractivity contribution in [3.63, 3.8) is 0 Å². The van der Waals surface area contributed by atoms with Crippen LogP contribution in [0.4, 0.5) is 0 Å². The Labute approximate surface area is 110 Å². The first-order valence-electron chi connectivity index (χ1n) is 5.33. The lowest BCUT2D eigenvalue weighted by Crippen LogP contribution is -2.35. The van der Waals surface area contributed by atoms with Gasteiger partial charge < -0.3 is 5.32 Å². The summed E-state index contributed by atoms with van der Waals surface area (Å²) in [7, 11) is 0. The van der Waals surface area contributed by atoms with Gasteiger partial charge in [-0.25, -0.2) is 5.43 Å². The predicted molar refractivity (Wildman–Crippen MR) is 70.7 cm³/mol. The van der Waals surface area contributed by atoms with E-state index in [0.29, 0.717) is 10.6 Å². The Bertz CT molecular complexity index is 482. The summed E-state index contributed by atoms with van der Waals surface area (Å²) in [5.74, 6) is -0.787. The van der Waals surface area contributed by atoms with Crippen LogP contribution in [0.2, 0.25) is 5.02 Å². The van der Waals surface area contributed by atoms with Gasteiger partial charge in [0.1, 0.15) is 0 Å². The van der Waals surface area contributed by atoms with Crippen LogP contribution in [0.3, 0.4) is 0 Å². The van der Waals surface area contributed by atoms with Gasteiger partial charge in [-0.1, -0.05) is 23.7 Å². The summed E-state index contributed by atoms with van der Waals surface area (Å²) in [5, 5.41) is 6.54. The second kappa shape index (κ2) is 6.76. The molecule has 5 nitrogen and oxygen atoms in total. The molecule has 1 aromatic rings. The number of hydrogen-bond acceptors (Lipinski definition) is 3. The first-order chi connectivity index (χ1) is 8.50. The zero-order chi connectivity index (χ0) is 13.5. The van der Waals surface area contributed by atoms with E-state index in [9.17, 15) is 9.59 Å². The molecule has 0 heterocycles.